The van der Waals surface area contributed by atoms with Crippen LogP contribution >= 0.6 is 11.6 Å². The normalized spacial score (nSPS) is 33.9. The number of hydrogen-bond acceptors (Lipinski definition) is 1. The molecule has 0 radical (unpaired) electrons. The van der Waals surface area contributed by atoms with Crippen LogP contribution < -0.4 is 0 Å². The number of epoxide rings is 1. The quantitative estimate of drug-likeness (QED) is 0.457. The summed E-state index contributed by atoms with van der Waals surface area (Å²) in [5.41, 5.74) is 0.0670. The van der Waals surface area contributed by atoms with Crippen LogP contribution in [0.1, 0.15) is 33.1 Å². The fourth-order valence-electron chi connectivity index (χ4n) is 1.22. The van der Waals surface area contributed by atoms with Crippen molar-refractivity contribution in [1.82, 2.24) is 0 Å². The van der Waals surface area contributed by atoms with Crippen LogP contribution in [0.5, 0.6) is 0 Å². The van der Waals surface area contributed by atoms with Gasteiger partial charge in [0.15, 0.2) is 0 Å². The van der Waals surface area contributed by atoms with Crippen molar-refractivity contribution >= 4 is 11.6 Å². The Morgan fingerprint density at radius 1 is 1.60 bits per heavy atom. The van der Waals surface area contributed by atoms with E-state index in [0.717, 1.165) is 25.9 Å². The standard InChI is InChI=1S/C8H15ClO/c1-3-5-7(9)8(4-2)6-10-8/h7H,3-6H2,1-2H3/t7-,8-/m0/s1. The molecule has 0 N–H and O–H groups in total. The van der Waals surface area contributed by atoms with Gasteiger partial charge in [-0.05, 0) is 12.8 Å². The van der Waals surface area contributed by atoms with E-state index < -0.39 is 0 Å². The number of alkyl halides is 1. The third-order valence-electron chi connectivity index (χ3n) is 2.23. The van der Waals surface area contributed by atoms with Crippen molar-refractivity contribution in [1.29, 1.82) is 0 Å². The maximum absolute atomic E-state index is 6.11. The van der Waals surface area contributed by atoms with E-state index in [9.17, 15) is 0 Å². The summed E-state index contributed by atoms with van der Waals surface area (Å²) in [6, 6.07) is 0. The average molecular weight is 163 g/mol. The van der Waals surface area contributed by atoms with E-state index >= 15 is 0 Å². The fraction of sp³-hybridized carbons (Fsp3) is 1.00. The van der Waals surface area contributed by atoms with Crippen LogP contribution in [0.4, 0.5) is 0 Å². The van der Waals surface area contributed by atoms with Crippen LogP contribution in [-0.2, 0) is 4.74 Å². The first-order chi connectivity index (χ1) is 4.75. The highest BCUT2D eigenvalue weighted by molar-refractivity contribution is 6.21. The number of halogens is 1. The minimum atomic E-state index is 0.0670. The maximum Gasteiger partial charge on any atom is 0.108 e. The van der Waals surface area contributed by atoms with Gasteiger partial charge in [0.25, 0.3) is 0 Å². The van der Waals surface area contributed by atoms with Gasteiger partial charge in [0, 0.05) is 0 Å². The highest BCUT2D eigenvalue weighted by atomic mass is 35.5. The second-order valence-corrected chi connectivity index (χ2v) is 3.49. The van der Waals surface area contributed by atoms with E-state index in [2.05, 4.69) is 13.8 Å². The SMILES string of the molecule is CCC[C@H](Cl)[C@]1(CC)CO1. The second kappa shape index (κ2) is 3.10. The van der Waals surface area contributed by atoms with Crippen LogP contribution in [0.2, 0.25) is 0 Å². The second-order valence-electron chi connectivity index (χ2n) is 2.96. The Morgan fingerprint density at radius 3 is 2.50 bits per heavy atom. The minimum absolute atomic E-state index is 0.0670. The predicted molar refractivity (Wildman–Crippen MR) is 43.5 cm³/mol. The fourth-order valence-corrected chi connectivity index (χ4v) is 1.71. The molecule has 2 atom stereocenters. The van der Waals surface area contributed by atoms with Crippen LogP contribution in [0.25, 0.3) is 0 Å². The van der Waals surface area contributed by atoms with E-state index in [0.29, 0.717) is 0 Å². The van der Waals surface area contributed by atoms with Crippen molar-refractivity contribution in [3.63, 3.8) is 0 Å². The average Bonchev–Trinajstić information content (AvgIpc) is 2.68. The molecule has 60 valence electrons. The zero-order valence-corrected chi connectivity index (χ0v) is 7.45. The Labute approximate surface area is 67.7 Å². The van der Waals surface area contributed by atoms with E-state index in [1.807, 2.05) is 0 Å². The number of ether oxygens (including phenoxy) is 1. The maximum atomic E-state index is 6.11. The van der Waals surface area contributed by atoms with Crippen molar-refractivity contribution in [2.45, 2.75) is 44.1 Å². The molecule has 0 spiro atoms. The van der Waals surface area contributed by atoms with Gasteiger partial charge in [0.1, 0.15) is 5.60 Å². The van der Waals surface area contributed by atoms with Crippen molar-refractivity contribution in [3.8, 4) is 0 Å². The van der Waals surface area contributed by atoms with Crippen LogP contribution in [0.15, 0.2) is 0 Å². The molecule has 0 bridgehead atoms. The van der Waals surface area contributed by atoms with Crippen LogP contribution in [0.3, 0.4) is 0 Å². The molecule has 0 aromatic rings. The molecule has 0 aromatic heterocycles. The lowest BCUT2D eigenvalue weighted by atomic mass is 10.00. The predicted octanol–water partition coefficient (Wildman–Crippen LogP) is 2.57. The molecule has 0 unspecified atom stereocenters. The molecule has 1 rings (SSSR count). The lowest BCUT2D eigenvalue weighted by Gasteiger charge is -2.14. The first-order valence-electron chi connectivity index (χ1n) is 4.03. The Kier molecular flexibility index (Phi) is 2.59. The van der Waals surface area contributed by atoms with Gasteiger partial charge in [-0.2, -0.15) is 0 Å². The third-order valence-corrected chi connectivity index (χ3v) is 2.84. The minimum Gasteiger partial charge on any atom is -0.368 e. The molecule has 1 heterocycles. The summed E-state index contributed by atoms with van der Waals surface area (Å²) in [6.45, 7) is 5.16. The van der Waals surface area contributed by atoms with E-state index in [1.54, 1.807) is 0 Å². The van der Waals surface area contributed by atoms with Gasteiger partial charge in [0.05, 0.1) is 12.0 Å². The molecule has 1 nitrogen and oxygen atoms in total. The van der Waals surface area contributed by atoms with Crippen molar-refractivity contribution in [2.24, 2.45) is 0 Å². The van der Waals surface area contributed by atoms with Gasteiger partial charge in [-0.3, -0.25) is 0 Å². The summed E-state index contributed by atoms with van der Waals surface area (Å²) in [7, 11) is 0. The van der Waals surface area contributed by atoms with Gasteiger partial charge < -0.3 is 4.74 Å². The first-order valence-corrected chi connectivity index (χ1v) is 4.47. The molecule has 10 heavy (non-hydrogen) atoms. The molecular formula is C8H15ClO. The zero-order valence-electron chi connectivity index (χ0n) is 6.69. The lowest BCUT2D eigenvalue weighted by molar-refractivity contribution is 0.280. The zero-order chi connectivity index (χ0) is 7.61. The van der Waals surface area contributed by atoms with Gasteiger partial charge in [-0.15, -0.1) is 11.6 Å². The lowest BCUT2D eigenvalue weighted by Crippen LogP contribution is -2.23. The van der Waals surface area contributed by atoms with E-state index in [1.165, 1.54) is 0 Å². The highest BCUT2D eigenvalue weighted by Gasteiger charge is 2.48. The summed E-state index contributed by atoms with van der Waals surface area (Å²) in [5, 5.41) is 0.238. The third kappa shape index (κ3) is 1.46. The van der Waals surface area contributed by atoms with Crippen LogP contribution in [0, 0.1) is 0 Å². The monoisotopic (exact) mass is 162 g/mol. The molecule has 0 saturated carbocycles. The molecule has 1 fully saturated rings. The summed E-state index contributed by atoms with van der Waals surface area (Å²) in [4.78, 5) is 0. The smallest absolute Gasteiger partial charge is 0.108 e. The topological polar surface area (TPSA) is 12.5 Å². The van der Waals surface area contributed by atoms with E-state index in [-0.39, 0.29) is 11.0 Å². The molecule has 1 aliphatic heterocycles. The Morgan fingerprint density at radius 2 is 2.20 bits per heavy atom. The first kappa shape index (κ1) is 8.35. The summed E-state index contributed by atoms with van der Waals surface area (Å²) in [5.74, 6) is 0. The molecule has 2 heteroatoms. The summed E-state index contributed by atoms with van der Waals surface area (Å²) < 4.78 is 5.33. The summed E-state index contributed by atoms with van der Waals surface area (Å²) in [6.07, 6.45) is 3.29. The molecular weight excluding hydrogens is 148 g/mol. The van der Waals surface area contributed by atoms with Crippen LogP contribution in [-0.4, -0.2) is 17.6 Å². The molecule has 1 saturated heterocycles. The van der Waals surface area contributed by atoms with Gasteiger partial charge >= 0.3 is 0 Å². The largest absolute Gasteiger partial charge is 0.368 e. The Balaban J connectivity index is 2.32. The Hall–Kier alpha value is 0.250. The summed E-state index contributed by atoms with van der Waals surface area (Å²) >= 11 is 6.11. The molecule has 1 aliphatic rings. The number of hydrogen-bond donors (Lipinski definition) is 0. The van der Waals surface area contributed by atoms with Crippen molar-refractivity contribution in [3.05, 3.63) is 0 Å². The molecule has 0 aromatic carbocycles. The molecule has 0 aliphatic carbocycles. The number of rotatable bonds is 4. The van der Waals surface area contributed by atoms with E-state index in [4.69, 9.17) is 16.3 Å². The van der Waals surface area contributed by atoms with Crippen molar-refractivity contribution < 1.29 is 4.74 Å². The van der Waals surface area contributed by atoms with Gasteiger partial charge in [0.2, 0.25) is 0 Å². The van der Waals surface area contributed by atoms with Gasteiger partial charge in [-0.1, -0.05) is 20.3 Å². The van der Waals surface area contributed by atoms with Crippen molar-refractivity contribution in [2.75, 3.05) is 6.61 Å². The highest BCUT2D eigenvalue weighted by Crippen LogP contribution is 2.39. The molecule has 0 amide bonds. The Bertz CT molecular complexity index is 110. The van der Waals surface area contributed by atoms with Gasteiger partial charge in [-0.25, -0.2) is 0 Å².